The van der Waals surface area contributed by atoms with Crippen molar-refractivity contribution in [2.45, 2.75) is 6.54 Å². The van der Waals surface area contributed by atoms with E-state index in [1.54, 1.807) is 7.05 Å². The number of thiophene rings is 1. The number of carbonyl (C=O) groups is 1. The molecule has 0 aromatic carbocycles. The van der Waals surface area contributed by atoms with E-state index in [-0.39, 0.29) is 5.76 Å². The van der Waals surface area contributed by atoms with Crippen molar-refractivity contribution in [3.05, 3.63) is 48.8 Å². The Morgan fingerprint density at radius 1 is 1.58 bits per heavy atom. The molecular formula is C11H9BrN2O4S. The Bertz CT molecular complexity index is 622. The van der Waals surface area contributed by atoms with E-state index in [1.807, 2.05) is 11.4 Å². The van der Waals surface area contributed by atoms with Crippen molar-refractivity contribution in [1.29, 1.82) is 0 Å². The topological polar surface area (TPSA) is 76.6 Å². The molecule has 2 aromatic rings. The zero-order valence-electron chi connectivity index (χ0n) is 9.83. The van der Waals surface area contributed by atoms with Gasteiger partial charge < -0.3 is 9.32 Å². The molecule has 2 aromatic heterocycles. The summed E-state index contributed by atoms with van der Waals surface area (Å²) in [6.07, 6.45) is 0. The van der Waals surface area contributed by atoms with Crippen LogP contribution in [0.1, 0.15) is 16.1 Å². The first-order valence-electron chi connectivity index (χ1n) is 5.20. The Morgan fingerprint density at radius 3 is 2.84 bits per heavy atom. The van der Waals surface area contributed by atoms with Crippen molar-refractivity contribution in [2.75, 3.05) is 7.05 Å². The molecule has 1 amide bonds. The first-order chi connectivity index (χ1) is 8.97. The molecule has 2 rings (SSSR count). The summed E-state index contributed by atoms with van der Waals surface area (Å²) in [7, 11) is 1.61. The van der Waals surface area contributed by atoms with Crippen LogP contribution in [0, 0.1) is 10.1 Å². The lowest BCUT2D eigenvalue weighted by Crippen LogP contribution is -2.25. The SMILES string of the molecule is CN(Cc1csc(Br)c1)C(=O)c1ccc([N+](=O)[O-])o1. The number of carbonyl (C=O) groups excluding carboxylic acids is 1. The number of nitro groups is 1. The van der Waals surface area contributed by atoms with Crippen LogP contribution in [0.5, 0.6) is 0 Å². The molecule has 0 fully saturated rings. The molecule has 0 radical (unpaired) electrons. The summed E-state index contributed by atoms with van der Waals surface area (Å²) in [5.41, 5.74) is 0.980. The Labute approximate surface area is 120 Å². The zero-order valence-corrected chi connectivity index (χ0v) is 12.2. The van der Waals surface area contributed by atoms with Crippen LogP contribution in [-0.2, 0) is 6.54 Å². The molecule has 0 N–H and O–H groups in total. The summed E-state index contributed by atoms with van der Waals surface area (Å²) in [6, 6.07) is 4.39. The lowest BCUT2D eigenvalue weighted by atomic mass is 10.3. The zero-order chi connectivity index (χ0) is 14.0. The number of hydrogen-bond donors (Lipinski definition) is 0. The van der Waals surface area contributed by atoms with E-state index in [4.69, 9.17) is 4.42 Å². The number of amides is 1. The third kappa shape index (κ3) is 3.21. The van der Waals surface area contributed by atoms with Gasteiger partial charge in [-0.25, -0.2) is 0 Å². The molecule has 6 nitrogen and oxygen atoms in total. The Balaban J connectivity index is 2.07. The molecule has 0 unspecified atom stereocenters. The summed E-state index contributed by atoms with van der Waals surface area (Å²) in [4.78, 5) is 23.2. The smallest absolute Gasteiger partial charge is 0.395 e. The minimum atomic E-state index is -0.674. The third-order valence-corrected chi connectivity index (χ3v) is 3.92. The van der Waals surface area contributed by atoms with Gasteiger partial charge in [0.2, 0.25) is 0 Å². The second-order valence-electron chi connectivity index (χ2n) is 3.82. The number of rotatable bonds is 4. The number of furan rings is 1. The molecule has 0 saturated carbocycles. The fourth-order valence-electron chi connectivity index (χ4n) is 1.50. The van der Waals surface area contributed by atoms with Gasteiger partial charge in [-0.3, -0.25) is 14.9 Å². The molecule has 2 heterocycles. The molecule has 0 aliphatic rings. The first kappa shape index (κ1) is 13.8. The summed E-state index contributed by atoms with van der Waals surface area (Å²) < 4.78 is 5.86. The van der Waals surface area contributed by atoms with Gasteiger partial charge in [0.1, 0.15) is 4.92 Å². The summed E-state index contributed by atoms with van der Waals surface area (Å²) >= 11 is 4.87. The fraction of sp³-hybridized carbons (Fsp3) is 0.182. The predicted molar refractivity (Wildman–Crippen MR) is 73.2 cm³/mol. The monoisotopic (exact) mass is 344 g/mol. The number of halogens is 1. The van der Waals surface area contributed by atoms with Gasteiger partial charge in [-0.15, -0.1) is 11.3 Å². The van der Waals surface area contributed by atoms with Gasteiger partial charge in [0.25, 0.3) is 5.91 Å². The molecular weight excluding hydrogens is 336 g/mol. The Hall–Kier alpha value is -1.67. The summed E-state index contributed by atoms with van der Waals surface area (Å²) in [5, 5.41) is 12.4. The van der Waals surface area contributed by atoms with Crippen molar-refractivity contribution >= 4 is 39.1 Å². The lowest BCUT2D eigenvalue weighted by Gasteiger charge is -2.14. The van der Waals surface area contributed by atoms with Crippen molar-refractivity contribution in [3.63, 3.8) is 0 Å². The molecule has 100 valence electrons. The maximum atomic E-state index is 12.0. The van der Waals surface area contributed by atoms with Crippen LogP contribution in [0.25, 0.3) is 0 Å². The molecule has 0 aliphatic carbocycles. The molecule has 0 spiro atoms. The standard InChI is InChI=1S/C11H9BrN2O4S/c1-13(5-7-4-9(12)19-6-7)11(15)8-2-3-10(18-8)14(16)17/h2-4,6H,5H2,1H3. The summed E-state index contributed by atoms with van der Waals surface area (Å²) in [5.74, 6) is -0.867. The average molecular weight is 345 g/mol. The van der Waals surface area contributed by atoms with Crippen LogP contribution >= 0.6 is 27.3 Å². The van der Waals surface area contributed by atoms with Gasteiger partial charge in [0, 0.05) is 13.6 Å². The summed E-state index contributed by atoms with van der Waals surface area (Å²) in [6.45, 7) is 0.412. The van der Waals surface area contributed by atoms with Crippen LogP contribution < -0.4 is 0 Å². The molecule has 0 aliphatic heterocycles. The largest absolute Gasteiger partial charge is 0.433 e. The van der Waals surface area contributed by atoms with E-state index >= 15 is 0 Å². The number of hydrogen-bond acceptors (Lipinski definition) is 5. The predicted octanol–water partition coefficient (Wildman–Crippen LogP) is 3.28. The molecule has 19 heavy (non-hydrogen) atoms. The quantitative estimate of drug-likeness (QED) is 0.629. The van der Waals surface area contributed by atoms with Crippen LogP contribution in [0.15, 0.2) is 31.8 Å². The van der Waals surface area contributed by atoms with E-state index in [9.17, 15) is 14.9 Å². The molecule has 8 heteroatoms. The van der Waals surface area contributed by atoms with E-state index in [2.05, 4.69) is 15.9 Å². The van der Waals surface area contributed by atoms with Gasteiger partial charge in [-0.1, -0.05) is 0 Å². The maximum absolute atomic E-state index is 12.0. The average Bonchev–Trinajstić information content (AvgIpc) is 2.97. The highest BCUT2D eigenvalue weighted by atomic mass is 79.9. The highest BCUT2D eigenvalue weighted by Crippen LogP contribution is 2.22. The third-order valence-electron chi connectivity index (χ3n) is 2.37. The van der Waals surface area contributed by atoms with Gasteiger partial charge in [0.05, 0.1) is 9.85 Å². The minimum absolute atomic E-state index is 0.0384. The van der Waals surface area contributed by atoms with Crippen LogP contribution in [0.2, 0.25) is 0 Å². The minimum Gasteiger partial charge on any atom is -0.395 e. The molecule has 0 bridgehead atoms. The highest BCUT2D eigenvalue weighted by Gasteiger charge is 2.20. The number of nitrogens with zero attached hydrogens (tertiary/aromatic N) is 2. The first-order valence-corrected chi connectivity index (χ1v) is 6.87. The van der Waals surface area contributed by atoms with E-state index < -0.39 is 16.7 Å². The van der Waals surface area contributed by atoms with E-state index in [0.29, 0.717) is 6.54 Å². The Kier molecular flexibility index (Phi) is 4.01. The fourth-order valence-corrected chi connectivity index (χ4v) is 2.70. The van der Waals surface area contributed by atoms with Crippen LogP contribution in [-0.4, -0.2) is 22.8 Å². The van der Waals surface area contributed by atoms with Crippen molar-refractivity contribution in [1.82, 2.24) is 4.90 Å². The maximum Gasteiger partial charge on any atom is 0.433 e. The van der Waals surface area contributed by atoms with Gasteiger partial charge in [-0.05, 0) is 39.0 Å². The second-order valence-corrected chi connectivity index (χ2v) is 6.11. The highest BCUT2D eigenvalue weighted by molar-refractivity contribution is 9.11. The van der Waals surface area contributed by atoms with Crippen molar-refractivity contribution < 1.29 is 14.1 Å². The van der Waals surface area contributed by atoms with Gasteiger partial charge in [0.15, 0.2) is 5.76 Å². The molecule has 0 atom stereocenters. The lowest BCUT2D eigenvalue weighted by molar-refractivity contribution is -0.402. The molecule has 0 saturated heterocycles. The van der Waals surface area contributed by atoms with E-state index in [0.717, 1.165) is 9.35 Å². The van der Waals surface area contributed by atoms with Crippen molar-refractivity contribution in [3.8, 4) is 0 Å². The van der Waals surface area contributed by atoms with Crippen molar-refractivity contribution in [2.24, 2.45) is 0 Å². The van der Waals surface area contributed by atoms with Gasteiger partial charge in [-0.2, -0.15) is 0 Å². The normalized spacial score (nSPS) is 10.4. The van der Waals surface area contributed by atoms with Gasteiger partial charge >= 0.3 is 5.88 Å². The van der Waals surface area contributed by atoms with E-state index in [1.165, 1.54) is 28.4 Å². The second kappa shape index (κ2) is 5.54. The van der Waals surface area contributed by atoms with Crippen LogP contribution in [0.3, 0.4) is 0 Å². The van der Waals surface area contributed by atoms with Crippen LogP contribution in [0.4, 0.5) is 5.88 Å². The Morgan fingerprint density at radius 2 is 2.32 bits per heavy atom.